The van der Waals surface area contributed by atoms with E-state index in [1.165, 1.54) is 25.9 Å². The Morgan fingerprint density at radius 1 is 0.971 bits per heavy atom. The number of nitrogens with zero attached hydrogens (tertiary/aromatic N) is 1. The topological polar surface area (TPSA) is 99.5 Å². The summed E-state index contributed by atoms with van der Waals surface area (Å²) < 4.78 is 0. The number of ketones is 1. The summed E-state index contributed by atoms with van der Waals surface area (Å²) in [6.07, 6.45) is 4.32. The number of hydrogen-bond donors (Lipinski definition) is 4. The van der Waals surface area contributed by atoms with Crippen LogP contribution < -0.4 is 21.7 Å². The summed E-state index contributed by atoms with van der Waals surface area (Å²) in [4.78, 5) is 27.9. The van der Waals surface area contributed by atoms with Crippen molar-refractivity contribution in [2.75, 3.05) is 47.9 Å². The van der Waals surface area contributed by atoms with Crippen molar-refractivity contribution >= 4 is 40.0 Å². The summed E-state index contributed by atoms with van der Waals surface area (Å²) >= 11 is 0. The number of nitrogens with two attached hydrogens (primary N) is 1. The van der Waals surface area contributed by atoms with Gasteiger partial charge in [-0.25, -0.2) is 0 Å². The molecular formula is C28H29N5O2. The first kappa shape index (κ1) is 22.7. The lowest BCUT2D eigenvalue weighted by atomic mass is 9.99. The number of hydrogen-bond acceptors (Lipinski definition) is 6. The van der Waals surface area contributed by atoms with Crippen LogP contribution in [0.15, 0.2) is 72.9 Å². The Balaban J connectivity index is 1.23. The second-order valence-corrected chi connectivity index (χ2v) is 8.92. The van der Waals surface area contributed by atoms with Gasteiger partial charge in [0.25, 0.3) is 5.91 Å². The van der Waals surface area contributed by atoms with Crippen LogP contribution in [0.3, 0.4) is 0 Å². The summed E-state index contributed by atoms with van der Waals surface area (Å²) in [5.74, 6) is -0.347. The molecule has 5 rings (SSSR count). The van der Waals surface area contributed by atoms with Gasteiger partial charge < -0.3 is 26.6 Å². The van der Waals surface area contributed by atoms with Gasteiger partial charge in [-0.05, 0) is 68.4 Å². The molecule has 0 aromatic heterocycles. The Bertz CT molecular complexity index is 1280. The maximum absolute atomic E-state index is 12.8. The van der Waals surface area contributed by atoms with Gasteiger partial charge in [0.2, 0.25) is 0 Å². The number of carbonyl (C=O) groups excluding carboxylic acids is 2. The second kappa shape index (κ2) is 10.0. The molecule has 3 aromatic carbocycles. The van der Waals surface area contributed by atoms with Gasteiger partial charge in [0, 0.05) is 58.7 Å². The number of nitrogen functional groups attached to an aromatic ring is 1. The molecule has 3 aromatic rings. The minimum Gasteiger partial charge on any atom is -0.399 e. The zero-order valence-electron chi connectivity index (χ0n) is 19.5. The molecule has 0 radical (unpaired) electrons. The van der Waals surface area contributed by atoms with Gasteiger partial charge in [-0.3, -0.25) is 9.59 Å². The Morgan fingerprint density at radius 3 is 2.49 bits per heavy atom. The second-order valence-electron chi connectivity index (χ2n) is 8.92. The lowest BCUT2D eigenvalue weighted by Gasteiger charge is -2.15. The quantitative estimate of drug-likeness (QED) is 0.222. The van der Waals surface area contributed by atoms with Gasteiger partial charge in [-0.1, -0.05) is 24.3 Å². The van der Waals surface area contributed by atoms with E-state index in [9.17, 15) is 9.59 Å². The number of rotatable bonds is 8. The van der Waals surface area contributed by atoms with E-state index in [0.717, 1.165) is 30.0 Å². The molecule has 2 aliphatic rings. The zero-order valence-corrected chi connectivity index (χ0v) is 19.5. The Labute approximate surface area is 205 Å². The molecule has 0 saturated carbocycles. The van der Waals surface area contributed by atoms with E-state index in [4.69, 9.17) is 5.73 Å². The number of benzene rings is 3. The van der Waals surface area contributed by atoms with Crippen molar-refractivity contribution in [1.82, 2.24) is 4.90 Å². The fourth-order valence-electron chi connectivity index (χ4n) is 4.53. The van der Waals surface area contributed by atoms with E-state index in [1.54, 1.807) is 48.7 Å². The van der Waals surface area contributed by atoms with Gasteiger partial charge in [0.1, 0.15) is 0 Å². The average Bonchev–Trinajstić information content (AvgIpc) is 3.49. The molecule has 2 heterocycles. The standard InChI is InChI=1S/C28H29N5O2/c29-21-5-3-4-19(16-21)27(34)20-6-11-24-25(28(35)32-26(24)17-20)18-31-23-9-7-22(8-10-23)30-12-15-33-13-1-2-14-33/h3-11,16-18,30-31H,1-2,12-15,29H2,(H,32,35). The van der Waals surface area contributed by atoms with Crippen LogP contribution in [-0.2, 0) is 4.79 Å². The Morgan fingerprint density at radius 2 is 1.71 bits per heavy atom. The van der Waals surface area contributed by atoms with Gasteiger partial charge in [0.05, 0.1) is 5.57 Å². The molecule has 0 spiro atoms. The third-order valence-corrected chi connectivity index (χ3v) is 6.44. The van der Waals surface area contributed by atoms with Crippen LogP contribution >= 0.6 is 0 Å². The molecule has 2 aliphatic heterocycles. The highest BCUT2D eigenvalue weighted by Crippen LogP contribution is 2.33. The van der Waals surface area contributed by atoms with E-state index in [0.29, 0.717) is 28.1 Å². The van der Waals surface area contributed by atoms with Crippen molar-refractivity contribution in [2.24, 2.45) is 0 Å². The highest BCUT2D eigenvalue weighted by Gasteiger charge is 2.25. The molecule has 0 unspecified atom stereocenters. The number of carbonyl (C=O) groups is 2. The van der Waals surface area contributed by atoms with Crippen molar-refractivity contribution in [3.63, 3.8) is 0 Å². The summed E-state index contributed by atoms with van der Waals surface area (Å²) in [5, 5.41) is 9.54. The number of nitrogens with one attached hydrogen (secondary N) is 3. The molecule has 1 amide bonds. The van der Waals surface area contributed by atoms with Crippen molar-refractivity contribution in [1.29, 1.82) is 0 Å². The Hall–Kier alpha value is -4.10. The van der Waals surface area contributed by atoms with Crippen molar-refractivity contribution < 1.29 is 9.59 Å². The average molecular weight is 468 g/mol. The molecule has 0 bridgehead atoms. The third-order valence-electron chi connectivity index (χ3n) is 6.44. The number of amides is 1. The molecule has 35 heavy (non-hydrogen) atoms. The molecule has 0 atom stereocenters. The third kappa shape index (κ3) is 5.20. The molecule has 178 valence electrons. The van der Waals surface area contributed by atoms with Crippen LogP contribution in [0, 0.1) is 0 Å². The first-order valence-corrected chi connectivity index (χ1v) is 12.0. The first-order chi connectivity index (χ1) is 17.1. The van der Waals surface area contributed by atoms with Crippen LogP contribution in [0.5, 0.6) is 0 Å². The van der Waals surface area contributed by atoms with Crippen LogP contribution in [0.1, 0.15) is 34.3 Å². The summed E-state index contributed by atoms with van der Waals surface area (Å²) in [5.41, 5.74) is 11.2. The Kier molecular flexibility index (Phi) is 6.50. The van der Waals surface area contributed by atoms with Gasteiger partial charge in [-0.2, -0.15) is 0 Å². The van der Waals surface area contributed by atoms with Gasteiger partial charge in [-0.15, -0.1) is 0 Å². The number of fused-ring (bicyclic) bond motifs is 1. The van der Waals surface area contributed by atoms with E-state index in [-0.39, 0.29) is 11.7 Å². The highest BCUT2D eigenvalue weighted by atomic mass is 16.2. The van der Waals surface area contributed by atoms with E-state index >= 15 is 0 Å². The molecular weight excluding hydrogens is 438 g/mol. The number of anilines is 4. The monoisotopic (exact) mass is 467 g/mol. The van der Waals surface area contributed by atoms with Crippen molar-refractivity contribution in [3.05, 3.63) is 89.6 Å². The minimum atomic E-state index is -0.207. The van der Waals surface area contributed by atoms with Crippen LogP contribution in [-0.4, -0.2) is 42.8 Å². The summed E-state index contributed by atoms with van der Waals surface area (Å²) in [6, 6.07) is 20.1. The fraction of sp³-hybridized carbons (Fsp3) is 0.214. The molecule has 7 heteroatoms. The van der Waals surface area contributed by atoms with Gasteiger partial charge >= 0.3 is 0 Å². The predicted molar refractivity (Wildman–Crippen MR) is 142 cm³/mol. The van der Waals surface area contributed by atoms with Crippen LogP contribution in [0.25, 0.3) is 5.57 Å². The van der Waals surface area contributed by atoms with E-state index in [2.05, 4.69) is 20.9 Å². The maximum Gasteiger partial charge on any atom is 0.257 e. The molecule has 5 N–H and O–H groups in total. The summed E-state index contributed by atoms with van der Waals surface area (Å²) in [6.45, 7) is 4.40. The zero-order chi connectivity index (χ0) is 24.2. The largest absolute Gasteiger partial charge is 0.399 e. The minimum absolute atomic E-state index is 0.140. The number of likely N-dealkylation sites (tertiary alicyclic amines) is 1. The van der Waals surface area contributed by atoms with E-state index in [1.807, 2.05) is 24.3 Å². The van der Waals surface area contributed by atoms with Crippen LogP contribution in [0.2, 0.25) is 0 Å². The van der Waals surface area contributed by atoms with Crippen molar-refractivity contribution in [2.45, 2.75) is 12.8 Å². The molecule has 0 aliphatic carbocycles. The van der Waals surface area contributed by atoms with Gasteiger partial charge in [0.15, 0.2) is 5.78 Å². The smallest absolute Gasteiger partial charge is 0.257 e. The molecule has 1 saturated heterocycles. The first-order valence-electron chi connectivity index (χ1n) is 12.0. The normalized spacial score (nSPS) is 16.2. The summed E-state index contributed by atoms with van der Waals surface area (Å²) in [7, 11) is 0. The van der Waals surface area contributed by atoms with Crippen molar-refractivity contribution in [3.8, 4) is 0 Å². The fourth-order valence-corrected chi connectivity index (χ4v) is 4.53. The lowest BCUT2D eigenvalue weighted by molar-refractivity contribution is -0.110. The highest BCUT2D eigenvalue weighted by molar-refractivity contribution is 6.32. The molecule has 1 fully saturated rings. The predicted octanol–water partition coefficient (Wildman–Crippen LogP) is 4.41. The molecule has 7 nitrogen and oxygen atoms in total. The lowest BCUT2D eigenvalue weighted by Crippen LogP contribution is -2.25. The van der Waals surface area contributed by atoms with Crippen LogP contribution in [0.4, 0.5) is 22.7 Å². The maximum atomic E-state index is 12.8. The van der Waals surface area contributed by atoms with E-state index < -0.39 is 0 Å². The SMILES string of the molecule is Nc1cccc(C(=O)c2ccc3c(c2)NC(=O)C3=CNc2ccc(NCCN3CCCC3)cc2)c1.